The summed E-state index contributed by atoms with van der Waals surface area (Å²) in [7, 11) is 5.23. The van der Waals surface area contributed by atoms with Crippen molar-refractivity contribution < 1.29 is 28.5 Å². The smallest absolute Gasteiger partial charge is 0.252 e. The lowest BCUT2D eigenvalue weighted by molar-refractivity contribution is -0.125. The maximum Gasteiger partial charge on any atom is 0.252 e. The van der Waals surface area contributed by atoms with Crippen LogP contribution in [0.15, 0.2) is 72.8 Å². The molecule has 1 N–H and O–H groups in total. The van der Waals surface area contributed by atoms with Gasteiger partial charge in [0.05, 0.1) is 33.0 Å². The van der Waals surface area contributed by atoms with Crippen LogP contribution in [-0.4, -0.2) is 72.8 Å². The molecular weight excluding hydrogens is 556 g/mol. The number of carbonyl (C=O) groups excluding carboxylic acids is 1. The van der Waals surface area contributed by atoms with E-state index in [1.54, 1.807) is 19.1 Å². The molecule has 238 valence electrons. The van der Waals surface area contributed by atoms with Gasteiger partial charge in [-0.05, 0) is 67.6 Å². The second-order valence-electron chi connectivity index (χ2n) is 11.1. The molecule has 3 aromatic carbocycles. The van der Waals surface area contributed by atoms with E-state index in [4.69, 9.17) is 23.7 Å². The van der Waals surface area contributed by atoms with Crippen LogP contribution in [0, 0.1) is 0 Å². The highest BCUT2D eigenvalue weighted by molar-refractivity contribution is 5.94. The van der Waals surface area contributed by atoms with Crippen LogP contribution in [0.25, 0.3) is 0 Å². The molecule has 0 aromatic heterocycles. The number of methoxy groups -OCH3 is 2. The summed E-state index contributed by atoms with van der Waals surface area (Å²) in [5.41, 5.74) is 4.35. The van der Waals surface area contributed by atoms with Gasteiger partial charge in [0.1, 0.15) is 18.1 Å². The SMILES string of the molecule is COCCCCc1ccccc1N(C)C(=O)COC1CNCC[C@@H]1c1ccc(OCCCOCc2ccccc2OC)cc1. The van der Waals surface area contributed by atoms with E-state index in [1.165, 1.54) is 11.1 Å². The fourth-order valence-corrected chi connectivity index (χ4v) is 5.57. The van der Waals surface area contributed by atoms with Crippen LogP contribution in [0.2, 0.25) is 0 Å². The molecule has 1 aliphatic heterocycles. The molecule has 0 spiro atoms. The minimum Gasteiger partial charge on any atom is -0.496 e. The van der Waals surface area contributed by atoms with Gasteiger partial charge in [0.25, 0.3) is 5.91 Å². The average molecular weight is 605 g/mol. The number of aryl methyl sites for hydroxylation is 1. The number of para-hydroxylation sites is 2. The van der Waals surface area contributed by atoms with Crippen LogP contribution >= 0.6 is 0 Å². The third-order valence-electron chi connectivity index (χ3n) is 8.08. The van der Waals surface area contributed by atoms with Crippen molar-refractivity contribution in [3.63, 3.8) is 0 Å². The van der Waals surface area contributed by atoms with E-state index in [0.29, 0.717) is 26.4 Å². The monoisotopic (exact) mass is 604 g/mol. The lowest BCUT2D eigenvalue weighted by atomic mass is 9.87. The molecular formula is C36H48N2O6. The van der Waals surface area contributed by atoms with Crippen molar-refractivity contribution in [2.24, 2.45) is 0 Å². The molecule has 8 heteroatoms. The Morgan fingerprint density at radius 2 is 1.66 bits per heavy atom. The highest BCUT2D eigenvalue weighted by atomic mass is 16.5. The van der Waals surface area contributed by atoms with Crippen molar-refractivity contribution in [2.45, 2.75) is 50.7 Å². The maximum atomic E-state index is 13.2. The molecule has 1 fully saturated rings. The number of likely N-dealkylation sites (N-methyl/N-ethyl adjacent to an activating group) is 1. The van der Waals surface area contributed by atoms with E-state index in [-0.39, 0.29) is 24.5 Å². The van der Waals surface area contributed by atoms with Crippen LogP contribution < -0.4 is 19.7 Å². The van der Waals surface area contributed by atoms with Crippen molar-refractivity contribution in [3.8, 4) is 11.5 Å². The van der Waals surface area contributed by atoms with E-state index in [9.17, 15) is 4.79 Å². The summed E-state index contributed by atoms with van der Waals surface area (Å²) in [5.74, 6) is 1.84. The number of hydrogen-bond acceptors (Lipinski definition) is 7. The highest BCUT2D eigenvalue weighted by Gasteiger charge is 2.28. The summed E-state index contributed by atoms with van der Waals surface area (Å²) >= 11 is 0. The van der Waals surface area contributed by atoms with Gasteiger partial charge >= 0.3 is 0 Å². The molecule has 3 aromatic rings. The van der Waals surface area contributed by atoms with Crippen molar-refractivity contribution in [3.05, 3.63) is 89.5 Å². The molecule has 1 unspecified atom stereocenters. The Kier molecular flexibility index (Phi) is 14.0. The number of unbranched alkanes of at least 4 members (excludes halogenated alkanes) is 1. The summed E-state index contributed by atoms with van der Waals surface area (Å²) in [6, 6.07) is 24.3. The average Bonchev–Trinajstić information content (AvgIpc) is 3.07. The third kappa shape index (κ3) is 10.1. The first-order valence-corrected chi connectivity index (χ1v) is 15.7. The summed E-state index contributed by atoms with van der Waals surface area (Å²) in [6.45, 7) is 4.13. The molecule has 2 atom stereocenters. The number of nitrogens with zero attached hydrogens (tertiary/aromatic N) is 1. The Morgan fingerprint density at radius 3 is 2.45 bits per heavy atom. The first-order chi connectivity index (χ1) is 21.6. The Labute approximate surface area is 262 Å². The lowest BCUT2D eigenvalue weighted by Gasteiger charge is -2.33. The van der Waals surface area contributed by atoms with Gasteiger partial charge in [-0.3, -0.25) is 4.79 Å². The largest absolute Gasteiger partial charge is 0.496 e. The first kappa shape index (κ1) is 33.5. The lowest BCUT2D eigenvalue weighted by Crippen LogP contribution is -2.43. The van der Waals surface area contributed by atoms with Gasteiger partial charge in [-0.2, -0.15) is 0 Å². The number of ether oxygens (including phenoxy) is 5. The van der Waals surface area contributed by atoms with Crippen molar-refractivity contribution >= 4 is 11.6 Å². The minimum absolute atomic E-state index is 0.0394. The zero-order chi connectivity index (χ0) is 31.0. The number of benzene rings is 3. The second-order valence-corrected chi connectivity index (χ2v) is 11.1. The molecule has 8 nitrogen and oxygen atoms in total. The van der Waals surface area contributed by atoms with Crippen LogP contribution in [0.5, 0.6) is 11.5 Å². The topological polar surface area (TPSA) is 78.5 Å². The number of hydrogen-bond donors (Lipinski definition) is 1. The summed E-state index contributed by atoms with van der Waals surface area (Å²) in [6.07, 6.45) is 4.57. The molecule has 1 amide bonds. The second kappa shape index (κ2) is 18.4. The van der Waals surface area contributed by atoms with Gasteiger partial charge in [-0.15, -0.1) is 0 Å². The summed E-state index contributed by atoms with van der Waals surface area (Å²) in [5, 5.41) is 3.43. The van der Waals surface area contributed by atoms with Gasteiger partial charge in [0.2, 0.25) is 0 Å². The van der Waals surface area contributed by atoms with Gasteiger partial charge in [-0.1, -0.05) is 48.5 Å². The normalized spacial score (nSPS) is 16.4. The number of rotatable bonds is 18. The molecule has 1 aliphatic rings. The Hall–Kier alpha value is -3.43. The number of carbonyl (C=O) groups is 1. The molecule has 0 bridgehead atoms. The first-order valence-electron chi connectivity index (χ1n) is 15.7. The summed E-state index contributed by atoms with van der Waals surface area (Å²) < 4.78 is 28.6. The molecule has 0 aliphatic carbocycles. The molecule has 0 radical (unpaired) electrons. The fourth-order valence-electron chi connectivity index (χ4n) is 5.57. The highest BCUT2D eigenvalue weighted by Crippen LogP contribution is 2.30. The van der Waals surface area contributed by atoms with Gasteiger partial charge < -0.3 is 33.9 Å². The molecule has 1 heterocycles. The Morgan fingerprint density at radius 1 is 0.886 bits per heavy atom. The molecule has 44 heavy (non-hydrogen) atoms. The maximum absolute atomic E-state index is 13.2. The zero-order valence-electron chi connectivity index (χ0n) is 26.5. The van der Waals surface area contributed by atoms with E-state index in [2.05, 4.69) is 23.5 Å². The van der Waals surface area contributed by atoms with E-state index >= 15 is 0 Å². The van der Waals surface area contributed by atoms with Gasteiger partial charge in [-0.25, -0.2) is 0 Å². The Bertz CT molecular complexity index is 1270. The Balaban J connectivity index is 1.22. The van der Waals surface area contributed by atoms with Crippen LogP contribution in [-0.2, 0) is 32.0 Å². The quantitative estimate of drug-likeness (QED) is 0.185. The standard InChI is InChI=1S/C36H48N2O6/c1-38(33-14-6-4-11-29(33)12-8-9-22-40-2)36(39)27-44-35-25-37-21-20-32(35)28-16-18-31(19-17-28)43-24-10-23-42-26-30-13-5-7-15-34(30)41-3/h4-7,11,13-19,32,35,37H,8-10,12,20-27H2,1-3H3/t32-,35?/m1/s1. The predicted octanol–water partition coefficient (Wildman–Crippen LogP) is 5.78. The van der Waals surface area contributed by atoms with Crippen molar-refractivity contribution in [2.75, 3.05) is 65.7 Å². The number of amides is 1. The van der Waals surface area contributed by atoms with Crippen LogP contribution in [0.3, 0.4) is 0 Å². The third-order valence-corrected chi connectivity index (χ3v) is 8.08. The van der Waals surface area contributed by atoms with E-state index in [1.807, 2.05) is 61.6 Å². The predicted molar refractivity (Wildman–Crippen MR) is 174 cm³/mol. The molecule has 4 rings (SSSR count). The zero-order valence-corrected chi connectivity index (χ0v) is 26.5. The molecule has 0 saturated carbocycles. The number of nitrogens with one attached hydrogen (secondary N) is 1. The molecule has 1 saturated heterocycles. The van der Waals surface area contributed by atoms with Crippen LogP contribution in [0.4, 0.5) is 5.69 Å². The van der Waals surface area contributed by atoms with Crippen LogP contribution in [0.1, 0.15) is 48.3 Å². The van der Waals surface area contributed by atoms with Gasteiger partial charge in [0.15, 0.2) is 0 Å². The van der Waals surface area contributed by atoms with E-state index in [0.717, 1.165) is 68.0 Å². The summed E-state index contributed by atoms with van der Waals surface area (Å²) in [4.78, 5) is 14.9. The number of piperidine rings is 1. The van der Waals surface area contributed by atoms with Crippen molar-refractivity contribution in [1.82, 2.24) is 5.32 Å². The minimum atomic E-state index is -0.0856. The van der Waals surface area contributed by atoms with E-state index < -0.39 is 0 Å². The van der Waals surface area contributed by atoms with Crippen molar-refractivity contribution in [1.29, 1.82) is 0 Å². The number of anilines is 1. The van der Waals surface area contributed by atoms with Gasteiger partial charge in [0, 0.05) is 50.9 Å². The fraction of sp³-hybridized carbons (Fsp3) is 0.472.